The lowest BCUT2D eigenvalue weighted by atomic mass is 10.1. The van der Waals surface area contributed by atoms with Crippen molar-refractivity contribution in [3.8, 4) is 0 Å². The fourth-order valence-corrected chi connectivity index (χ4v) is 2.89. The number of halogens is 3. The van der Waals surface area contributed by atoms with E-state index >= 15 is 0 Å². The molecule has 0 aliphatic heterocycles. The Hall–Kier alpha value is -0.210. The van der Waals surface area contributed by atoms with Crippen LogP contribution in [-0.4, -0.2) is 0 Å². The van der Waals surface area contributed by atoms with Crippen LogP contribution in [0.5, 0.6) is 0 Å². The second-order valence-corrected chi connectivity index (χ2v) is 5.30. The van der Waals surface area contributed by atoms with E-state index in [1.54, 1.807) is 29.5 Å². The van der Waals surface area contributed by atoms with Gasteiger partial charge in [-0.2, -0.15) is 0 Å². The van der Waals surface area contributed by atoms with Crippen LogP contribution in [0.3, 0.4) is 0 Å². The van der Waals surface area contributed by atoms with Crippen molar-refractivity contribution in [2.75, 3.05) is 0 Å². The van der Waals surface area contributed by atoms with Gasteiger partial charge in [0.15, 0.2) is 0 Å². The molecule has 0 fully saturated rings. The summed E-state index contributed by atoms with van der Waals surface area (Å²) in [5.74, 6) is 0. The van der Waals surface area contributed by atoms with Gasteiger partial charge >= 0.3 is 0 Å². The van der Waals surface area contributed by atoms with Gasteiger partial charge in [-0.05, 0) is 35.2 Å². The third kappa shape index (κ3) is 2.48. The largest absolute Gasteiger partial charge is 0.147 e. The lowest BCUT2D eigenvalue weighted by Crippen LogP contribution is -1.91. The fraction of sp³-hybridized carbons (Fsp3) is 0.0909. The van der Waals surface area contributed by atoms with Gasteiger partial charge in [0.2, 0.25) is 0 Å². The molecule has 1 aromatic carbocycles. The first-order chi connectivity index (χ1) is 7.18. The Morgan fingerprint density at radius 2 is 1.93 bits per heavy atom. The molecule has 0 radical (unpaired) electrons. The minimum atomic E-state index is -0.226. The van der Waals surface area contributed by atoms with Crippen molar-refractivity contribution >= 4 is 46.1 Å². The third-order valence-corrected chi connectivity index (χ3v) is 4.14. The molecule has 0 N–H and O–H groups in total. The van der Waals surface area contributed by atoms with E-state index in [2.05, 4.69) is 0 Å². The fourth-order valence-electron chi connectivity index (χ4n) is 1.30. The topological polar surface area (TPSA) is 0 Å². The van der Waals surface area contributed by atoms with Crippen molar-refractivity contribution in [1.29, 1.82) is 0 Å². The molecule has 0 aliphatic rings. The third-order valence-electron chi connectivity index (χ3n) is 2.02. The number of rotatable bonds is 2. The molecule has 1 heterocycles. The molecule has 78 valence electrons. The molecule has 1 unspecified atom stereocenters. The van der Waals surface area contributed by atoms with E-state index < -0.39 is 0 Å². The molecule has 1 atom stereocenters. The Morgan fingerprint density at radius 3 is 2.60 bits per heavy atom. The predicted molar refractivity (Wildman–Crippen MR) is 68.5 cm³/mol. The number of benzene rings is 1. The number of hydrogen-bond acceptors (Lipinski definition) is 1. The van der Waals surface area contributed by atoms with Crippen molar-refractivity contribution in [3.63, 3.8) is 0 Å². The molecule has 2 rings (SSSR count). The van der Waals surface area contributed by atoms with E-state index in [-0.39, 0.29) is 5.38 Å². The van der Waals surface area contributed by atoms with Crippen LogP contribution in [0.2, 0.25) is 10.0 Å². The first kappa shape index (κ1) is 11.3. The quantitative estimate of drug-likeness (QED) is 0.646. The normalized spacial score (nSPS) is 12.7. The maximum absolute atomic E-state index is 6.32. The summed E-state index contributed by atoms with van der Waals surface area (Å²) in [6.07, 6.45) is 0. The molecular formula is C11H7Cl3S. The molecule has 0 aliphatic carbocycles. The SMILES string of the molecule is Clc1ccc(Cl)c(C(Cl)c2cccs2)c1. The second kappa shape index (κ2) is 4.75. The summed E-state index contributed by atoms with van der Waals surface area (Å²) in [7, 11) is 0. The molecule has 1 aromatic heterocycles. The summed E-state index contributed by atoms with van der Waals surface area (Å²) in [5.41, 5.74) is 0.855. The summed E-state index contributed by atoms with van der Waals surface area (Å²) in [6, 6.07) is 9.28. The predicted octanol–water partition coefficient (Wildman–Crippen LogP) is 5.38. The van der Waals surface area contributed by atoms with Gasteiger partial charge in [0, 0.05) is 14.9 Å². The van der Waals surface area contributed by atoms with E-state index in [4.69, 9.17) is 34.8 Å². The molecule has 0 bridgehead atoms. The summed E-state index contributed by atoms with van der Waals surface area (Å²) < 4.78 is 0. The van der Waals surface area contributed by atoms with Crippen molar-refractivity contribution in [2.45, 2.75) is 5.38 Å². The van der Waals surface area contributed by atoms with E-state index in [1.807, 2.05) is 17.5 Å². The van der Waals surface area contributed by atoms with Gasteiger partial charge in [-0.1, -0.05) is 29.3 Å². The zero-order valence-electron chi connectivity index (χ0n) is 7.58. The van der Waals surface area contributed by atoms with Crippen LogP contribution in [0.25, 0.3) is 0 Å². The van der Waals surface area contributed by atoms with E-state index in [0.717, 1.165) is 10.4 Å². The van der Waals surface area contributed by atoms with Crippen LogP contribution < -0.4 is 0 Å². The van der Waals surface area contributed by atoms with Gasteiger partial charge in [0.05, 0.1) is 5.38 Å². The zero-order chi connectivity index (χ0) is 10.8. The highest BCUT2D eigenvalue weighted by Gasteiger charge is 2.15. The minimum Gasteiger partial charge on any atom is -0.147 e. The highest BCUT2D eigenvalue weighted by molar-refractivity contribution is 7.10. The van der Waals surface area contributed by atoms with Crippen molar-refractivity contribution < 1.29 is 0 Å². The van der Waals surface area contributed by atoms with Gasteiger partial charge in [-0.15, -0.1) is 22.9 Å². The van der Waals surface area contributed by atoms with Gasteiger partial charge in [-0.3, -0.25) is 0 Å². The lowest BCUT2D eigenvalue weighted by Gasteiger charge is -2.10. The summed E-state index contributed by atoms with van der Waals surface area (Å²) >= 11 is 19.9. The van der Waals surface area contributed by atoms with Crippen LogP contribution in [0.1, 0.15) is 15.8 Å². The van der Waals surface area contributed by atoms with E-state index in [0.29, 0.717) is 10.0 Å². The molecule has 15 heavy (non-hydrogen) atoms. The number of hydrogen-bond donors (Lipinski definition) is 0. The van der Waals surface area contributed by atoms with Crippen LogP contribution >= 0.6 is 46.1 Å². The van der Waals surface area contributed by atoms with Gasteiger partial charge in [0.1, 0.15) is 0 Å². The Kier molecular flexibility index (Phi) is 3.57. The smallest absolute Gasteiger partial charge is 0.0942 e. The molecule has 2 aromatic rings. The van der Waals surface area contributed by atoms with E-state index in [1.165, 1.54) is 0 Å². The average molecular weight is 278 g/mol. The molecular weight excluding hydrogens is 271 g/mol. The zero-order valence-corrected chi connectivity index (χ0v) is 10.7. The number of alkyl halides is 1. The maximum Gasteiger partial charge on any atom is 0.0942 e. The summed E-state index contributed by atoms with van der Waals surface area (Å²) in [6.45, 7) is 0. The first-order valence-electron chi connectivity index (χ1n) is 4.31. The number of thiophene rings is 1. The Bertz CT molecular complexity index is 451. The molecule has 4 heteroatoms. The van der Waals surface area contributed by atoms with Crippen molar-refractivity contribution in [3.05, 3.63) is 56.2 Å². The van der Waals surface area contributed by atoms with Crippen LogP contribution in [-0.2, 0) is 0 Å². The minimum absolute atomic E-state index is 0.226. The Balaban J connectivity index is 2.41. The molecule has 0 nitrogen and oxygen atoms in total. The standard InChI is InChI=1S/C11H7Cl3S/c12-7-3-4-9(13)8(6-7)11(14)10-2-1-5-15-10/h1-6,11H. The molecule has 0 saturated heterocycles. The highest BCUT2D eigenvalue weighted by Crippen LogP contribution is 2.36. The Morgan fingerprint density at radius 1 is 1.13 bits per heavy atom. The van der Waals surface area contributed by atoms with Crippen molar-refractivity contribution in [1.82, 2.24) is 0 Å². The highest BCUT2D eigenvalue weighted by atomic mass is 35.5. The van der Waals surface area contributed by atoms with Crippen LogP contribution in [0.15, 0.2) is 35.7 Å². The summed E-state index contributed by atoms with van der Waals surface area (Å²) in [5, 5.41) is 3.06. The van der Waals surface area contributed by atoms with E-state index in [9.17, 15) is 0 Å². The van der Waals surface area contributed by atoms with Gasteiger partial charge in [-0.25, -0.2) is 0 Å². The first-order valence-corrected chi connectivity index (χ1v) is 6.38. The lowest BCUT2D eigenvalue weighted by molar-refractivity contribution is 1.18. The molecule has 0 amide bonds. The second-order valence-electron chi connectivity index (χ2n) is 3.04. The van der Waals surface area contributed by atoms with Gasteiger partial charge in [0.25, 0.3) is 0 Å². The van der Waals surface area contributed by atoms with Crippen LogP contribution in [0.4, 0.5) is 0 Å². The molecule has 0 spiro atoms. The summed E-state index contributed by atoms with van der Waals surface area (Å²) in [4.78, 5) is 1.07. The maximum atomic E-state index is 6.32. The van der Waals surface area contributed by atoms with Crippen LogP contribution in [0, 0.1) is 0 Å². The van der Waals surface area contributed by atoms with Crippen molar-refractivity contribution in [2.24, 2.45) is 0 Å². The average Bonchev–Trinajstić information content (AvgIpc) is 2.74. The van der Waals surface area contributed by atoms with Gasteiger partial charge < -0.3 is 0 Å². The molecule has 0 saturated carbocycles. The Labute approximate surface area is 107 Å². The monoisotopic (exact) mass is 276 g/mol.